The zero-order valence-corrected chi connectivity index (χ0v) is 11.2. The Labute approximate surface area is 113 Å². The van der Waals surface area contributed by atoms with Crippen LogP contribution in [0.15, 0.2) is 28.7 Å². The van der Waals surface area contributed by atoms with Crippen LogP contribution in [0.2, 0.25) is 0 Å². The third-order valence-electron chi connectivity index (χ3n) is 4.49. The van der Waals surface area contributed by atoms with Crippen molar-refractivity contribution in [2.75, 3.05) is 25.0 Å². The van der Waals surface area contributed by atoms with Gasteiger partial charge in [0.15, 0.2) is 5.58 Å². The molecular formula is C15H19N3O. The predicted octanol–water partition coefficient (Wildman–Crippen LogP) is 2.50. The van der Waals surface area contributed by atoms with Crippen LogP contribution < -0.4 is 4.90 Å². The Hall–Kier alpha value is -1.55. The van der Waals surface area contributed by atoms with Crippen LogP contribution in [0.5, 0.6) is 0 Å². The first-order valence-corrected chi connectivity index (χ1v) is 7.14. The van der Waals surface area contributed by atoms with Gasteiger partial charge in [0.05, 0.1) is 0 Å². The fraction of sp³-hybridized carbons (Fsp3) is 0.533. The third-order valence-corrected chi connectivity index (χ3v) is 4.49. The van der Waals surface area contributed by atoms with Crippen molar-refractivity contribution in [3.63, 3.8) is 0 Å². The average molecular weight is 257 g/mol. The molecule has 2 aliphatic rings. The molecule has 2 atom stereocenters. The number of likely N-dealkylation sites (N-methyl/N-ethyl adjacent to an activating group) is 1. The second-order valence-corrected chi connectivity index (χ2v) is 5.81. The summed E-state index contributed by atoms with van der Waals surface area (Å²) in [6.45, 7) is 2.30. The Balaban J connectivity index is 1.74. The predicted molar refractivity (Wildman–Crippen MR) is 75.4 cm³/mol. The molecule has 0 radical (unpaired) electrons. The molecule has 2 aromatic rings. The van der Waals surface area contributed by atoms with E-state index in [2.05, 4.69) is 21.8 Å². The standard InChI is InChI=1S/C15H19N3O/c1-17-9-8-11-6-7-12(10-17)18(11)15-16-13-4-2-3-5-14(13)19-15/h2-5,11-12H,6-10H2,1H3/t11-,12+/m1/s1. The number of rotatable bonds is 1. The maximum absolute atomic E-state index is 5.98. The number of anilines is 1. The number of aromatic nitrogens is 1. The highest BCUT2D eigenvalue weighted by Gasteiger charge is 2.38. The van der Waals surface area contributed by atoms with Crippen LogP contribution in [0, 0.1) is 0 Å². The van der Waals surface area contributed by atoms with E-state index in [9.17, 15) is 0 Å². The van der Waals surface area contributed by atoms with Crippen molar-refractivity contribution >= 4 is 17.1 Å². The lowest BCUT2D eigenvalue weighted by Gasteiger charge is -2.26. The zero-order chi connectivity index (χ0) is 12.8. The summed E-state index contributed by atoms with van der Waals surface area (Å²) in [5, 5.41) is 0. The topological polar surface area (TPSA) is 32.5 Å². The Morgan fingerprint density at radius 1 is 1.16 bits per heavy atom. The molecule has 19 heavy (non-hydrogen) atoms. The van der Waals surface area contributed by atoms with Gasteiger partial charge in [0, 0.05) is 18.6 Å². The van der Waals surface area contributed by atoms with Crippen LogP contribution in [0.25, 0.3) is 11.1 Å². The molecule has 0 aliphatic carbocycles. The van der Waals surface area contributed by atoms with Gasteiger partial charge in [-0.2, -0.15) is 4.98 Å². The molecule has 1 aromatic heterocycles. The van der Waals surface area contributed by atoms with Crippen LogP contribution in [0.1, 0.15) is 19.3 Å². The molecule has 0 amide bonds. The number of likely N-dealkylation sites (tertiary alicyclic amines) is 1. The summed E-state index contributed by atoms with van der Waals surface area (Å²) in [6.07, 6.45) is 3.75. The maximum Gasteiger partial charge on any atom is 0.298 e. The highest BCUT2D eigenvalue weighted by molar-refractivity contribution is 5.74. The second kappa shape index (κ2) is 4.23. The van der Waals surface area contributed by atoms with E-state index in [1.807, 2.05) is 24.3 Å². The van der Waals surface area contributed by atoms with Gasteiger partial charge in [0.2, 0.25) is 0 Å². The third kappa shape index (κ3) is 1.82. The van der Waals surface area contributed by atoms with E-state index in [0.717, 1.165) is 23.7 Å². The molecule has 0 N–H and O–H groups in total. The average Bonchev–Trinajstić information content (AvgIpc) is 2.94. The van der Waals surface area contributed by atoms with Crippen LogP contribution in [-0.2, 0) is 0 Å². The van der Waals surface area contributed by atoms with Gasteiger partial charge < -0.3 is 14.2 Å². The largest absolute Gasteiger partial charge is 0.423 e. The monoisotopic (exact) mass is 257 g/mol. The van der Waals surface area contributed by atoms with E-state index < -0.39 is 0 Å². The lowest BCUT2D eigenvalue weighted by molar-refractivity contribution is 0.314. The Morgan fingerprint density at radius 3 is 2.89 bits per heavy atom. The molecule has 4 nitrogen and oxygen atoms in total. The van der Waals surface area contributed by atoms with Crippen molar-refractivity contribution in [1.29, 1.82) is 0 Å². The van der Waals surface area contributed by atoms with Crippen LogP contribution in [0.3, 0.4) is 0 Å². The number of nitrogens with zero attached hydrogens (tertiary/aromatic N) is 3. The molecule has 2 aliphatic heterocycles. The molecule has 4 rings (SSSR count). The van der Waals surface area contributed by atoms with Crippen molar-refractivity contribution in [2.45, 2.75) is 31.3 Å². The van der Waals surface area contributed by atoms with Gasteiger partial charge in [-0.15, -0.1) is 0 Å². The lowest BCUT2D eigenvalue weighted by Crippen LogP contribution is -2.38. The summed E-state index contributed by atoms with van der Waals surface area (Å²) in [7, 11) is 2.21. The van der Waals surface area contributed by atoms with Crippen LogP contribution in [-0.4, -0.2) is 42.1 Å². The first kappa shape index (κ1) is 11.3. The normalized spacial score (nSPS) is 27.9. The lowest BCUT2D eigenvalue weighted by atomic mass is 10.1. The quantitative estimate of drug-likeness (QED) is 0.786. The van der Waals surface area contributed by atoms with Crippen LogP contribution >= 0.6 is 0 Å². The molecule has 2 fully saturated rings. The summed E-state index contributed by atoms with van der Waals surface area (Å²) in [6, 6.07) is 10.0. The molecule has 1 aromatic carbocycles. The summed E-state index contributed by atoms with van der Waals surface area (Å²) in [5.41, 5.74) is 1.86. The molecule has 2 saturated heterocycles. The van der Waals surface area contributed by atoms with E-state index >= 15 is 0 Å². The Kier molecular flexibility index (Phi) is 2.52. The van der Waals surface area contributed by atoms with Crippen molar-refractivity contribution in [3.05, 3.63) is 24.3 Å². The number of oxazole rings is 1. The minimum absolute atomic E-state index is 0.561. The minimum Gasteiger partial charge on any atom is -0.423 e. The number of fused-ring (bicyclic) bond motifs is 3. The summed E-state index contributed by atoms with van der Waals surface area (Å²) in [5.74, 6) is 0. The molecule has 0 spiro atoms. The van der Waals surface area contributed by atoms with Gasteiger partial charge >= 0.3 is 0 Å². The molecule has 0 saturated carbocycles. The van der Waals surface area contributed by atoms with Gasteiger partial charge in [-0.3, -0.25) is 0 Å². The number of benzene rings is 1. The van der Waals surface area contributed by atoms with Gasteiger partial charge in [-0.05, 0) is 45.0 Å². The molecule has 4 heteroatoms. The van der Waals surface area contributed by atoms with Crippen molar-refractivity contribution in [2.24, 2.45) is 0 Å². The van der Waals surface area contributed by atoms with Crippen molar-refractivity contribution < 1.29 is 4.42 Å². The van der Waals surface area contributed by atoms with Crippen molar-refractivity contribution in [3.8, 4) is 0 Å². The van der Waals surface area contributed by atoms with Crippen molar-refractivity contribution in [1.82, 2.24) is 9.88 Å². The second-order valence-electron chi connectivity index (χ2n) is 5.81. The molecular weight excluding hydrogens is 238 g/mol. The van der Waals surface area contributed by atoms with Gasteiger partial charge in [0.1, 0.15) is 5.52 Å². The number of hydrogen-bond donors (Lipinski definition) is 0. The van der Waals surface area contributed by atoms with E-state index in [1.165, 1.54) is 25.8 Å². The van der Waals surface area contributed by atoms with Crippen LogP contribution in [0.4, 0.5) is 6.01 Å². The summed E-state index contributed by atoms with van der Waals surface area (Å²) < 4.78 is 5.98. The van der Waals surface area contributed by atoms with E-state index in [-0.39, 0.29) is 0 Å². The van der Waals surface area contributed by atoms with Gasteiger partial charge in [-0.1, -0.05) is 12.1 Å². The van der Waals surface area contributed by atoms with E-state index in [1.54, 1.807) is 0 Å². The first-order valence-electron chi connectivity index (χ1n) is 7.14. The SMILES string of the molecule is CN1CC[C@H]2CC[C@@H](C1)N2c1nc2ccccc2o1. The van der Waals surface area contributed by atoms with Gasteiger partial charge in [-0.25, -0.2) is 0 Å². The molecule has 3 heterocycles. The Bertz CT molecular complexity index is 561. The summed E-state index contributed by atoms with van der Waals surface area (Å²) >= 11 is 0. The molecule has 2 bridgehead atoms. The fourth-order valence-corrected chi connectivity index (χ4v) is 3.53. The fourth-order valence-electron chi connectivity index (χ4n) is 3.53. The highest BCUT2D eigenvalue weighted by atomic mass is 16.4. The minimum atomic E-state index is 0.561. The van der Waals surface area contributed by atoms with E-state index in [0.29, 0.717) is 12.1 Å². The molecule has 0 unspecified atom stereocenters. The smallest absolute Gasteiger partial charge is 0.298 e. The van der Waals surface area contributed by atoms with E-state index in [4.69, 9.17) is 4.42 Å². The number of hydrogen-bond acceptors (Lipinski definition) is 4. The Morgan fingerprint density at radius 2 is 2.00 bits per heavy atom. The maximum atomic E-state index is 5.98. The number of para-hydroxylation sites is 2. The first-order chi connectivity index (χ1) is 9.31. The zero-order valence-electron chi connectivity index (χ0n) is 11.2. The molecule has 100 valence electrons. The summed E-state index contributed by atoms with van der Waals surface area (Å²) in [4.78, 5) is 9.55. The van der Waals surface area contributed by atoms with Gasteiger partial charge in [0.25, 0.3) is 6.01 Å². The highest BCUT2D eigenvalue weighted by Crippen LogP contribution is 2.35.